The first-order chi connectivity index (χ1) is 9.02. The van der Waals surface area contributed by atoms with Crippen LogP contribution in [0.15, 0.2) is 18.2 Å². The Morgan fingerprint density at radius 3 is 2.84 bits per heavy atom. The van der Waals surface area contributed by atoms with Gasteiger partial charge in [-0.15, -0.1) is 0 Å². The van der Waals surface area contributed by atoms with Crippen molar-refractivity contribution in [2.24, 2.45) is 11.7 Å². The van der Waals surface area contributed by atoms with Crippen LogP contribution in [0.4, 0.5) is 0 Å². The second kappa shape index (κ2) is 5.93. The topological polar surface area (TPSA) is 46.3 Å². The SMILES string of the molecule is Cc1cc(Cl)ccc1C(=O)N1CC(CN)CCC1C. The molecule has 3 nitrogen and oxygen atoms in total. The van der Waals surface area contributed by atoms with E-state index in [0.717, 1.165) is 30.5 Å². The Morgan fingerprint density at radius 1 is 1.47 bits per heavy atom. The Balaban J connectivity index is 2.22. The summed E-state index contributed by atoms with van der Waals surface area (Å²) in [5.41, 5.74) is 7.42. The van der Waals surface area contributed by atoms with Crippen LogP contribution < -0.4 is 5.73 Å². The van der Waals surface area contributed by atoms with Gasteiger partial charge in [0.1, 0.15) is 0 Å². The van der Waals surface area contributed by atoms with Crippen molar-refractivity contribution in [3.05, 3.63) is 34.3 Å². The van der Waals surface area contributed by atoms with Crippen LogP contribution in [0.1, 0.15) is 35.7 Å². The van der Waals surface area contributed by atoms with E-state index in [9.17, 15) is 4.79 Å². The van der Waals surface area contributed by atoms with Crippen LogP contribution in [0, 0.1) is 12.8 Å². The van der Waals surface area contributed by atoms with Crippen LogP contribution in [0.3, 0.4) is 0 Å². The molecule has 0 aromatic heterocycles. The van der Waals surface area contributed by atoms with E-state index in [0.29, 0.717) is 17.5 Å². The number of carbonyl (C=O) groups excluding carboxylic acids is 1. The molecule has 1 aromatic carbocycles. The average Bonchev–Trinajstić information content (AvgIpc) is 2.38. The molecular weight excluding hydrogens is 260 g/mol. The Bertz CT molecular complexity index is 475. The monoisotopic (exact) mass is 280 g/mol. The van der Waals surface area contributed by atoms with Crippen molar-refractivity contribution in [2.45, 2.75) is 32.7 Å². The molecule has 0 bridgehead atoms. The fraction of sp³-hybridized carbons (Fsp3) is 0.533. The second-order valence-electron chi connectivity index (χ2n) is 5.44. The minimum Gasteiger partial charge on any atom is -0.336 e. The summed E-state index contributed by atoms with van der Waals surface area (Å²) < 4.78 is 0. The molecule has 1 aromatic rings. The molecule has 0 aliphatic carbocycles. The smallest absolute Gasteiger partial charge is 0.254 e. The zero-order valence-corrected chi connectivity index (χ0v) is 12.3. The van der Waals surface area contributed by atoms with Crippen molar-refractivity contribution >= 4 is 17.5 Å². The first kappa shape index (κ1) is 14.4. The van der Waals surface area contributed by atoms with Crippen LogP contribution in [0.25, 0.3) is 0 Å². The summed E-state index contributed by atoms with van der Waals surface area (Å²) in [4.78, 5) is 14.6. The number of aryl methyl sites for hydroxylation is 1. The lowest BCUT2D eigenvalue weighted by Crippen LogP contribution is -2.47. The molecule has 1 amide bonds. The maximum atomic E-state index is 12.6. The van der Waals surface area contributed by atoms with Gasteiger partial charge >= 0.3 is 0 Å². The van der Waals surface area contributed by atoms with Crippen molar-refractivity contribution in [1.82, 2.24) is 4.90 Å². The zero-order chi connectivity index (χ0) is 14.0. The van der Waals surface area contributed by atoms with E-state index in [4.69, 9.17) is 17.3 Å². The number of hydrogen-bond donors (Lipinski definition) is 1. The summed E-state index contributed by atoms with van der Waals surface area (Å²) in [5.74, 6) is 0.521. The van der Waals surface area contributed by atoms with E-state index in [1.165, 1.54) is 0 Å². The number of amides is 1. The first-order valence-corrected chi connectivity index (χ1v) is 7.18. The number of rotatable bonds is 2. The molecule has 0 spiro atoms. The lowest BCUT2D eigenvalue weighted by atomic mass is 9.92. The highest BCUT2D eigenvalue weighted by Gasteiger charge is 2.29. The van der Waals surface area contributed by atoms with Gasteiger partial charge in [-0.05, 0) is 62.9 Å². The molecule has 1 aliphatic rings. The van der Waals surface area contributed by atoms with E-state index < -0.39 is 0 Å². The number of carbonyl (C=O) groups is 1. The predicted octanol–water partition coefficient (Wildman–Crippen LogP) is 2.85. The molecule has 2 N–H and O–H groups in total. The van der Waals surface area contributed by atoms with Gasteiger partial charge < -0.3 is 10.6 Å². The number of nitrogens with two attached hydrogens (primary N) is 1. The van der Waals surface area contributed by atoms with Crippen molar-refractivity contribution in [2.75, 3.05) is 13.1 Å². The minimum absolute atomic E-state index is 0.0971. The summed E-state index contributed by atoms with van der Waals surface area (Å²) >= 11 is 5.94. The molecule has 1 aliphatic heterocycles. The third-order valence-electron chi connectivity index (χ3n) is 3.99. The van der Waals surface area contributed by atoms with E-state index in [2.05, 4.69) is 6.92 Å². The van der Waals surface area contributed by atoms with Crippen molar-refractivity contribution in [1.29, 1.82) is 0 Å². The number of nitrogens with zero attached hydrogens (tertiary/aromatic N) is 1. The molecule has 2 atom stereocenters. The highest BCUT2D eigenvalue weighted by molar-refractivity contribution is 6.30. The summed E-state index contributed by atoms with van der Waals surface area (Å²) in [6.07, 6.45) is 2.14. The highest BCUT2D eigenvalue weighted by Crippen LogP contribution is 2.25. The number of benzene rings is 1. The molecule has 1 heterocycles. The summed E-state index contributed by atoms with van der Waals surface area (Å²) in [6.45, 7) is 5.44. The maximum absolute atomic E-state index is 12.6. The lowest BCUT2D eigenvalue weighted by molar-refractivity contribution is 0.0566. The molecule has 4 heteroatoms. The number of halogens is 1. The Hall–Kier alpha value is -1.06. The number of likely N-dealkylation sites (tertiary alicyclic amines) is 1. The largest absolute Gasteiger partial charge is 0.336 e. The lowest BCUT2D eigenvalue weighted by Gasteiger charge is -2.38. The number of piperidine rings is 1. The van der Waals surface area contributed by atoms with E-state index in [1.54, 1.807) is 6.07 Å². The van der Waals surface area contributed by atoms with Gasteiger partial charge in [-0.1, -0.05) is 11.6 Å². The van der Waals surface area contributed by atoms with E-state index in [1.807, 2.05) is 24.0 Å². The van der Waals surface area contributed by atoms with Gasteiger partial charge in [-0.25, -0.2) is 0 Å². The Labute approximate surface area is 119 Å². The predicted molar refractivity (Wildman–Crippen MR) is 78.5 cm³/mol. The summed E-state index contributed by atoms with van der Waals surface area (Å²) in [6, 6.07) is 5.71. The van der Waals surface area contributed by atoms with Crippen LogP contribution in [0.2, 0.25) is 5.02 Å². The third kappa shape index (κ3) is 3.10. The van der Waals surface area contributed by atoms with E-state index in [-0.39, 0.29) is 11.9 Å². The maximum Gasteiger partial charge on any atom is 0.254 e. The van der Waals surface area contributed by atoms with Crippen molar-refractivity contribution < 1.29 is 4.79 Å². The molecule has 0 radical (unpaired) electrons. The van der Waals surface area contributed by atoms with Crippen molar-refractivity contribution in [3.63, 3.8) is 0 Å². The molecule has 1 saturated heterocycles. The summed E-state index contributed by atoms with van der Waals surface area (Å²) in [7, 11) is 0. The van der Waals surface area contributed by atoms with E-state index >= 15 is 0 Å². The van der Waals surface area contributed by atoms with Gasteiger partial charge in [0.2, 0.25) is 0 Å². The van der Waals surface area contributed by atoms with Crippen LogP contribution in [0.5, 0.6) is 0 Å². The van der Waals surface area contributed by atoms with Gasteiger partial charge in [0, 0.05) is 23.2 Å². The molecule has 2 rings (SSSR count). The fourth-order valence-electron chi connectivity index (χ4n) is 2.68. The standard InChI is InChI=1S/C15H21ClN2O/c1-10-7-13(16)5-6-14(10)15(19)18-9-12(8-17)4-3-11(18)2/h5-7,11-12H,3-4,8-9,17H2,1-2H3. The molecule has 2 unspecified atom stereocenters. The van der Waals surface area contributed by atoms with Gasteiger partial charge in [0.25, 0.3) is 5.91 Å². The Morgan fingerprint density at radius 2 is 2.21 bits per heavy atom. The normalized spacial score (nSPS) is 23.5. The molecular formula is C15H21ClN2O. The average molecular weight is 281 g/mol. The molecule has 19 heavy (non-hydrogen) atoms. The van der Waals surface area contributed by atoms with Crippen LogP contribution in [-0.2, 0) is 0 Å². The van der Waals surface area contributed by atoms with Gasteiger partial charge in [0.15, 0.2) is 0 Å². The zero-order valence-electron chi connectivity index (χ0n) is 11.5. The van der Waals surface area contributed by atoms with Gasteiger partial charge in [0.05, 0.1) is 0 Å². The highest BCUT2D eigenvalue weighted by atomic mass is 35.5. The first-order valence-electron chi connectivity index (χ1n) is 6.80. The van der Waals surface area contributed by atoms with Gasteiger partial charge in [-0.2, -0.15) is 0 Å². The second-order valence-corrected chi connectivity index (χ2v) is 5.88. The quantitative estimate of drug-likeness (QED) is 0.905. The van der Waals surface area contributed by atoms with Gasteiger partial charge in [-0.3, -0.25) is 4.79 Å². The number of hydrogen-bond acceptors (Lipinski definition) is 2. The minimum atomic E-state index is 0.0971. The fourth-order valence-corrected chi connectivity index (χ4v) is 2.91. The van der Waals surface area contributed by atoms with Crippen LogP contribution in [-0.4, -0.2) is 29.9 Å². The van der Waals surface area contributed by atoms with Crippen LogP contribution >= 0.6 is 11.6 Å². The molecule has 1 fully saturated rings. The third-order valence-corrected chi connectivity index (χ3v) is 4.23. The summed E-state index contributed by atoms with van der Waals surface area (Å²) in [5, 5.41) is 0.667. The van der Waals surface area contributed by atoms with Crippen molar-refractivity contribution in [3.8, 4) is 0 Å². The molecule has 0 saturated carbocycles. The molecule has 104 valence electrons. The Kier molecular flexibility index (Phi) is 4.48.